The molecule has 2 rings (SSSR count). The molecule has 6 heteroatoms. The van der Waals surface area contributed by atoms with E-state index < -0.39 is 0 Å². The molecule has 6 nitrogen and oxygen atoms in total. The summed E-state index contributed by atoms with van der Waals surface area (Å²) in [4.78, 5) is 24.6. The maximum Gasteiger partial charge on any atom is 0.251 e. The highest BCUT2D eigenvalue weighted by Gasteiger charge is 2.11. The lowest BCUT2D eigenvalue weighted by Crippen LogP contribution is -2.31. The first-order valence-electron chi connectivity index (χ1n) is 9.59. The van der Waals surface area contributed by atoms with Crippen LogP contribution in [0.2, 0.25) is 0 Å². The van der Waals surface area contributed by atoms with E-state index in [1.165, 1.54) is 0 Å². The van der Waals surface area contributed by atoms with Gasteiger partial charge >= 0.3 is 0 Å². The lowest BCUT2D eigenvalue weighted by atomic mass is 10.1. The van der Waals surface area contributed by atoms with Crippen molar-refractivity contribution in [3.05, 3.63) is 54.1 Å². The van der Waals surface area contributed by atoms with Gasteiger partial charge < -0.3 is 20.7 Å². The van der Waals surface area contributed by atoms with Gasteiger partial charge in [0.2, 0.25) is 5.91 Å². The molecule has 0 spiro atoms. The van der Waals surface area contributed by atoms with Crippen molar-refractivity contribution in [2.45, 2.75) is 46.3 Å². The molecule has 0 aliphatic rings. The molecule has 0 aliphatic carbocycles. The van der Waals surface area contributed by atoms with Crippen molar-refractivity contribution in [1.29, 1.82) is 0 Å². The molecule has 0 bridgehead atoms. The van der Waals surface area contributed by atoms with Gasteiger partial charge in [0.25, 0.3) is 5.91 Å². The highest BCUT2D eigenvalue weighted by Crippen LogP contribution is 2.24. The second kappa shape index (κ2) is 10.3. The number of carbonyl (C=O) groups is 2. The largest absolute Gasteiger partial charge is 0.489 e. The zero-order chi connectivity index (χ0) is 20.5. The summed E-state index contributed by atoms with van der Waals surface area (Å²) in [5.41, 5.74) is 1.89. The fourth-order valence-electron chi connectivity index (χ4n) is 2.48. The molecule has 2 aromatic rings. The molecule has 28 heavy (non-hydrogen) atoms. The molecule has 0 heterocycles. The maximum atomic E-state index is 12.3. The first-order chi connectivity index (χ1) is 13.4. The van der Waals surface area contributed by atoms with Crippen LogP contribution in [0.4, 0.5) is 11.4 Å². The normalized spacial score (nSPS) is 11.6. The average molecular weight is 383 g/mol. The van der Waals surface area contributed by atoms with Gasteiger partial charge in [-0.2, -0.15) is 0 Å². The summed E-state index contributed by atoms with van der Waals surface area (Å²) >= 11 is 0. The Kier molecular flexibility index (Phi) is 7.87. The first-order valence-corrected chi connectivity index (χ1v) is 9.59. The molecular weight excluding hydrogens is 354 g/mol. The van der Waals surface area contributed by atoms with Gasteiger partial charge in [-0.25, -0.2) is 0 Å². The summed E-state index contributed by atoms with van der Waals surface area (Å²) in [7, 11) is 0. The number of rotatable bonds is 9. The summed E-state index contributed by atoms with van der Waals surface area (Å²) in [6.45, 7) is 7.93. The lowest BCUT2D eigenvalue weighted by molar-refractivity contribution is -0.114. The molecule has 1 unspecified atom stereocenters. The summed E-state index contributed by atoms with van der Waals surface area (Å²) in [5, 5.41) is 8.84. The third kappa shape index (κ3) is 6.61. The smallest absolute Gasteiger partial charge is 0.251 e. The summed E-state index contributed by atoms with van der Waals surface area (Å²) in [6.07, 6.45) is 0.881. The van der Waals surface area contributed by atoms with Gasteiger partial charge in [-0.3, -0.25) is 9.59 Å². The van der Waals surface area contributed by atoms with Gasteiger partial charge in [-0.1, -0.05) is 25.1 Å². The van der Waals surface area contributed by atoms with E-state index in [2.05, 4.69) is 16.0 Å². The Morgan fingerprint density at radius 3 is 2.50 bits per heavy atom. The van der Waals surface area contributed by atoms with E-state index >= 15 is 0 Å². The average Bonchev–Trinajstić information content (AvgIpc) is 2.67. The molecule has 1 atom stereocenters. The van der Waals surface area contributed by atoms with Gasteiger partial charge in [-0.15, -0.1) is 0 Å². The Bertz CT molecular complexity index is 805. The van der Waals surface area contributed by atoms with Crippen LogP contribution >= 0.6 is 0 Å². The number of hydrogen-bond donors (Lipinski definition) is 3. The Morgan fingerprint density at radius 1 is 1.04 bits per heavy atom. The quantitative estimate of drug-likeness (QED) is 0.610. The maximum absolute atomic E-state index is 12.3. The van der Waals surface area contributed by atoms with E-state index in [1.54, 1.807) is 24.3 Å². The van der Waals surface area contributed by atoms with Crippen LogP contribution in [-0.4, -0.2) is 30.5 Å². The number of para-hydroxylation sites is 2. The fourth-order valence-corrected chi connectivity index (χ4v) is 2.48. The zero-order valence-electron chi connectivity index (χ0n) is 16.9. The van der Waals surface area contributed by atoms with Crippen LogP contribution in [0, 0.1) is 0 Å². The zero-order valence-corrected chi connectivity index (χ0v) is 16.9. The number of anilines is 2. The van der Waals surface area contributed by atoms with Crippen molar-refractivity contribution in [1.82, 2.24) is 5.32 Å². The van der Waals surface area contributed by atoms with Crippen molar-refractivity contribution >= 4 is 23.2 Å². The highest BCUT2D eigenvalue weighted by atomic mass is 16.5. The third-order valence-electron chi connectivity index (χ3n) is 4.09. The summed E-state index contributed by atoms with van der Waals surface area (Å²) < 4.78 is 5.71. The van der Waals surface area contributed by atoms with Crippen LogP contribution in [-0.2, 0) is 4.79 Å². The Hall–Kier alpha value is -3.02. The van der Waals surface area contributed by atoms with Gasteiger partial charge in [0.05, 0.1) is 18.3 Å². The highest BCUT2D eigenvalue weighted by molar-refractivity contribution is 5.96. The van der Waals surface area contributed by atoms with Crippen molar-refractivity contribution in [2.75, 3.05) is 17.2 Å². The van der Waals surface area contributed by atoms with Crippen molar-refractivity contribution in [3.63, 3.8) is 0 Å². The van der Waals surface area contributed by atoms with Crippen molar-refractivity contribution in [3.8, 4) is 5.75 Å². The van der Waals surface area contributed by atoms with Gasteiger partial charge in [-0.05, 0) is 57.5 Å². The number of hydrogen-bond acceptors (Lipinski definition) is 4. The number of nitrogens with one attached hydrogen (secondary N) is 3. The summed E-state index contributed by atoms with van der Waals surface area (Å²) in [5.74, 6) is 0.311. The van der Waals surface area contributed by atoms with Crippen LogP contribution in [0.3, 0.4) is 0 Å². The minimum absolute atomic E-state index is 0.0143. The minimum atomic E-state index is -0.200. The van der Waals surface area contributed by atoms with E-state index in [0.29, 0.717) is 22.7 Å². The van der Waals surface area contributed by atoms with Crippen LogP contribution in [0.5, 0.6) is 5.75 Å². The molecular formula is C22H29N3O3. The topological polar surface area (TPSA) is 79.5 Å². The molecule has 0 aliphatic heterocycles. The molecule has 150 valence electrons. The monoisotopic (exact) mass is 383 g/mol. The predicted octanol–water partition coefficient (Wildman–Crippen LogP) is 4.05. The Morgan fingerprint density at radius 2 is 1.79 bits per heavy atom. The number of amides is 2. The van der Waals surface area contributed by atoms with Gasteiger partial charge in [0, 0.05) is 17.3 Å². The van der Waals surface area contributed by atoms with E-state index in [-0.39, 0.29) is 30.5 Å². The predicted molar refractivity (Wildman–Crippen MR) is 113 cm³/mol. The molecule has 2 amide bonds. The van der Waals surface area contributed by atoms with E-state index in [0.717, 1.165) is 6.42 Å². The van der Waals surface area contributed by atoms with Gasteiger partial charge in [0.1, 0.15) is 5.75 Å². The van der Waals surface area contributed by atoms with E-state index in [4.69, 9.17) is 4.74 Å². The molecule has 0 saturated carbocycles. The second-order valence-corrected chi connectivity index (χ2v) is 6.93. The minimum Gasteiger partial charge on any atom is -0.489 e. The standard InChI is InChI=1S/C22H29N3O3/c1-5-16(4)24-22(27)17-9-8-10-18(13-17)23-14-21(26)25-19-11-6-7-12-20(19)28-15(2)3/h6-13,15-16,23H,5,14H2,1-4H3,(H,24,27)(H,25,26). The van der Waals surface area contributed by atoms with E-state index in [1.807, 2.05) is 52.0 Å². The second-order valence-electron chi connectivity index (χ2n) is 6.93. The van der Waals surface area contributed by atoms with Crippen LogP contribution in [0.15, 0.2) is 48.5 Å². The molecule has 0 aromatic heterocycles. The Balaban J connectivity index is 1.95. The first kappa shape index (κ1) is 21.3. The molecule has 2 aromatic carbocycles. The van der Waals surface area contributed by atoms with Crippen LogP contribution in [0.25, 0.3) is 0 Å². The fraction of sp³-hybridized carbons (Fsp3) is 0.364. The van der Waals surface area contributed by atoms with Crippen LogP contribution < -0.4 is 20.7 Å². The molecule has 3 N–H and O–H groups in total. The van der Waals surface area contributed by atoms with Crippen LogP contribution in [0.1, 0.15) is 44.5 Å². The third-order valence-corrected chi connectivity index (χ3v) is 4.09. The lowest BCUT2D eigenvalue weighted by Gasteiger charge is -2.15. The Labute approximate surface area is 166 Å². The van der Waals surface area contributed by atoms with E-state index in [9.17, 15) is 9.59 Å². The summed E-state index contributed by atoms with van der Waals surface area (Å²) in [6, 6.07) is 14.5. The number of ether oxygens (including phenoxy) is 1. The SMILES string of the molecule is CCC(C)NC(=O)c1cccc(NCC(=O)Nc2ccccc2OC(C)C)c1. The molecule has 0 fully saturated rings. The van der Waals surface area contributed by atoms with Crippen molar-refractivity contribution in [2.24, 2.45) is 0 Å². The van der Waals surface area contributed by atoms with Gasteiger partial charge in [0.15, 0.2) is 0 Å². The number of benzene rings is 2. The van der Waals surface area contributed by atoms with Crippen molar-refractivity contribution < 1.29 is 14.3 Å². The number of carbonyl (C=O) groups excluding carboxylic acids is 2. The molecule has 0 radical (unpaired) electrons. The molecule has 0 saturated heterocycles.